The number of hydrogen-bond acceptors (Lipinski definition) is 7. The number of morpholine rings is 1. The minimum atomic E-state index is -0.454. The van der Waals surface area contributed by atoms with E-state index in [0.717, 1.165) is 37.4 Å². The smallest absolute Gasteiger partial charge is 0.116 e. The number of nitrogens with two attached hydrogens (primary N) is 1. The van der Waals surface area contributed by atoms with Crippen LogP contribution in [-0.4, -0.2) is 38.3 Å². The Hall–Kier alpha value is -2.45. The molecule has 3 N–H and O–H groups in total. The van der Waals surface area contributed by atoms with Gasteiger partial charge in [0.15, 0.2) is 0 Å². The number of hydrogen-bond donors (Lipinski definition) is 3. The lowest BCUT2D eigenvalue weighted by atomic mass is 9.82. The molecule has 0 saturated carbocycles. The molecule has 1 atom stereocenters. The monoisotopic (exact) mass is 369 g/mol. The van der Waals surface area contributed by atoms with E-state index in [1.807, 2.05) is 31.2 Å². The Morgan fingerprint density at radius 3 is 2.31 bits per heavy atom. The van der Waals surface area contributed by atoms with Crippen LogP contribution in [0.2, 0.25) is 0 Å². The van der Waals surface area contributed by atoms with E-state index in [0.29, 0.717) is 16.2 Å². The second kappa shape index (κ2) is 9.30. The van der Waals surface area contributed by atoms with E-state index in [4.69, 9.17) is 10.5 Å². The fourth-order valence-electron chi connectivity index (χ4n) is 2.82. The largest absolute Gasteiger partial charge is 0.384 e. The standard InChI is InChI=1S/C14H12N4S.C5H11NO/c1-8-4-2-3-5-9(8)12-10(6-15)13(17)18-14(19)11(12)7-16;1-6-2-4-7-5-3-6/h2-5,12,18-19H,17H2,1H3;2-5H2,1H3. The molecule has 1 aromatic rings. The highest BCUT2D eigenvalue weighted by atomic mass is 32.1. The van der Waals surface area contributed by atoms with Gasteiger partial charge >= 0.3 is 0 Å². The highest BCUT2D eigenvalue weighted by Crippen LogP contribution is 2.38. The van der Waals surface area contributed by atoms with Crippen molar-refractivity contribution in [1.29, 1.82) is 10.5 Å². The fraction of sp³-hybridized carbons (Fsp3) is 0.368. The maximum absolute atomic E-state index is 9.31. The van der Waals surface area contributed by atoms with Crippen LogP contribution in [0.3, 0.4) is 0 Å². The Morgan fingerprint density at radius 2 is 1.81 bits per heavy atom. The van der Waals surface area contributed by atoms with E-state index in [-0.39, 0.29) is 5.82 Å². The second-order valence-corrected chi connectivity index (χ2v) is 6.59. The van der Waals surface area contributed by atoms with Crippen LogP contribution in [0.15, 0.2) is 46.3 Å². The summed E-state index contributed by atoms with van der Waals surface area (Å²) < 4.78 is 5.10. The van der Waals surface area contributed by atoms with Crippen molar-refractivity contribution in [3.63, 3.8) is 0 Å². The lowest BCUT2D eigenvalue weighted by Crippen LogP contribution is -2.32. The maximum Gasteiger partial charge on any atom is 0.116 e. The molecule has 2 aliphatic heterocycles. The van der Waals surface area contributed by atoms with Crippen molar-refractivity contribution >= 4 is 12.6 Å². The summed E-state index contributed by atoms with van der Waals surface area (Å²) in [4.78, 5) is 2.27. The lowest BCUT2D eigenvalue weighted by molar-refractivity contribution is 0.0503. The van der Waals surface area contributed by atoms with Gasteiger partial charge in [-0.15, -0.1) is 12.6 Å². The number of allylic oxidation sites excluding steroid dienone is 2. The van der Waals surface area contributed by atoms with Gasteiger partial charge in [-0.05, 0) is 25.1 Å². The van der Waals surface area contributed by atoms with Crippen molar-refractivity contribution in [3.05, 3.63) is 57.4 Å². The highest BCUT2D eigenvalue weighted by Gasteiger charge is 2.31. The van der Waals surface area contributed by atoms with E-state index in [1.165, 1.54) is 0 Å². The molecule has 1 fully saturated rings. The predicted molar refractivity (Wildman–Crippen MR) is 104 cm³/mol. The molecule has 2 heterocycles. The Morgan fingerprint density at radius 1 is 1.19 bits per heavy atom. The zero-order chi connectivity index (χ0) is 19.1. The van der Waals surface area contributed by atoms with Gasteiger partial charge in [-0.3, -0.25) is 0 Å². The first-order chi connectivity index (χ1) is 12.5. The molecule has 0 aliphatic carbocycles. The average Bonchev–Trinajstić information content (AvgIpc) is 2.63. The summed E-state index contributed by atoms with van der Waals surface area (Å²) in [6.45, 7) is 5.96. The van der Waals surface area contributed by atoms with Gasteiger partial charge in [0, 0.05) is 13.1 Å². The Bertz CT molecular complexity index is 761. The van der Waals surface area contributed by atoms with Crippen molar-refractivity contribution in [2.45, 2.75) is 12.8 Å². The van der Waals surface area contributed by atoms with E-state index < -0.39 is 5.92 Å². The zero-order valence-electron chi connectivity index (χ0n) is 15.0. The van der Waals surface area contributed by atoms with Crippen molar-refractivity contribution in [2.24, 2.45) is 5.73 Å². The van der Waals surface area contributed by atoms with E-state index in [9.17, 15) is 10.5 Å². The molecular formula is C19H23N5OS. The molecular weight excluding hydrogens is 346 g/mol. The second-order valence-electron chi connectivity index (χ2n) is 6.14. The minimum absolute atomic E-state index is 0.250. The SMILES string of the molecule is CN1CCOCC1.Cc1ccccc1C1C(C#N)=C(N)NC(S)=C1C#N. The normalized spacial score (nSPS) is 20.4. The molecule has 0 amide bonds. The number of ether oxygens (including phenoxy) is 1. The maximum atomic E-state index is 9.31. The van der Waals surface area contributed by atoms with Crippen LogP contribution in [0.1, 0.15) is 17.0 Å². The molecule has 1 aromatic carbocycles. The number of nitriles is 2. The first-order valence-corrected chi connectivity index (χ1v) is 8.76. The molecule has 0 radical (unpaired) electrons. The van der Waals surface area contributed by atoms with E-state index in [1.54, 1.807) is 0 Å². The van der Waals surface area contributed by atoms with E-state index >= 15 is 0 Å². The van der Waals surface area contributed by atoms with Crippen LogP contribution in [-0.2, 0) is 4.74 Å². The minimum Gasteiger partial charge on any atom is -0.384 e. The van der Waals surface area contributed by atoms with Crippen LogP contribution in [0.5, 0.6) is 0 Å². The third-order valence-corrected chi connectivity index (χ3v) is 4.70. The number of thiol groups is 1. The highest BCUT2D eigenvalue weighted by molar-refractivity contribution is 7.84. The summed E-state index contributed by atoms with van der Waals surface area (Å²) in [7, 11) is 2.11. The number of likely N-dealkylation sites (N-methyl/N-ethyl adjacent to an activating group) is 1. The summed E-state index contributed by atoms with van der Waals surface area (Å²) in [6.07, 6.45) is 0. The van der Waals surface area contributed by atoms with E-state index in [2.05, 4.69) is 42.0 Å². The van der Waals surface area contributed by atoms with Gasteiger partial charge in [0.2, 0.25) is 0 Å². The van der Waals surface area contributed by atoms with Crippen molar-refractivity contribution in [1.82, 2.24) is 10.2 Å². The topological polar surface area (TPSA) is 98.1 Å². The average molecular weight is 369 g/mol. The van der Waals surface area contributed by atoms with Crippen molar-refractivity contribution < 1.29 is 4.74 Å². The van der Waals surface area contributed by atoms with Gasteiger partial charge in [-0.25, -0.2) is 0 Å². The van der Waals surface area contributed by atoms with Gasteiger partial charge in [0.1, 0.15) is 5.82 Å². The third kappa shape index (κ3) is 4.59. The first kappa shape index (κ1) is 19.9. The molecule has 0 spiro atoms. The summed E-state index contributed by atoms with van der Waals surface area (Å²) in [6, 6.07) is 11.8. The predicted octanol–water partition coefficient (Wildman–Crippen LogP) is 1.99. The van der Waals surface area contributed by atoms with Gasteiger partial charge in [-0.1, -0.05) is 24.3 Å². The Kier molecular flexibility index (Phi) is 7.11. The van der Waals surface area contributed by atoms with Crippen LogP contribution in [0.4, 0.5) is 0 Å². The van der Waals surface area contributed by atoms with Crippen LogP contribution >= 0.6 is 12.6 Å². The third-order valence-electron chi connectivity index (χ3n) is 4.35. The molecule has 1 unspecified atom stereocenters. The van der Waals surface area contributed by atoms with Crippen molar-refractivity contribution in [3.8, 4) is 12.1 Å². The van der Waals surface area contributed by atoms with Crippen LogP contribution < -0.4 is 11.1 Å². The van der Waals surface area contributed by atoms with Crippen molar-refractivity contribution in [2.75, 3.05) is 33.4 Å². The molecule has 6 nitrogen and oxygen atoms in total. The Labute approximate surface area is 159 Å². The van der Waals surface area contributed by atoms with Gasteiger partial charge in [-0.2, -0.15) is 10.5 Å². The molecule has 0 bridgehead atoms. The summed E-state index contributed by atoms with van der Waals surface area (Å²) in [5.41, 5.74) is 8.48. The summed E-state index contributed by atoms with van der Waals surface area (Å²) >= 11 is 4.24. The first-order valence-electron chi connectivity index (χ1n) is 8.31. The molecule has 3 rings (SSSR count). The number of nitrogens with one attached hydrogen (secondary N) is 1. The number of benzene rings is 1. The molecule has 26 heavy (non-hydrogen) atoms. The number of aryl methyl sites for hydroxylation is 1. The van der Waals surface area contributed by atoms with Gasteiger partial charge in [0.05, 0.1) is 47.4 Å². The van der Waals surface area contributed by atoms with Gasteiger partial charge in [0.25, 0.3) is 0 Å². The molecule has 136 valence electrons. The van der Waals surface area contributed by atoms with Gasteiger partial charge < -0.3 is 20.7 Å². The zero-order valence-corrected chi connectivity index (χ0v) is 15.9. The fourth-order valence-corrected chi connectivity index (χ4v) is 3.12. The molecule has 2 aliphatic rings. The summed E-state index contributed by atoms with van der Waals surface area (Å²) in [5.74, 6) is -0.204. The number of rotatable bonds is 1. The molecule has 7 heteroatoms. The quantitative estimate of drug-likeness (QED) is 0.655. The lowest BCUT2D eigenvalue weighted by Gasteiger charge is -2.26. The number of nitrogens with zero attached hydrogens (tertiary/aromatic N) is 3. The molecule has 0 aromatic heterocycles. The summed E-state index contributed by atoms with van der Waals surface area (Å²) in [5, 5.41) is 21.8. The Balaban J connectivity index is 0.000000290. The molecule has 1 saturated heterocycles. The number of dihydropyridines is 1. The van der Waals surface area contributed by atoms with Crippen LogP contribution in [0.25, 0.3) is 0 Å². The van der Waals surface area contributed by atoms with Crippen LogP contribution in [0, 0.1) is 29.6 Å².